The van der Waals surface area contributed by atoms with Gasteiger partial charge in [0.1, 0.15) is 11.9 Å². The van der Waals surface area contributed by atoms with Crippen molar-refractivity contribution in [1.29, 1.82) is 0 Å². The molecule has 84 valence electrons. The van der Waals surface area contributed by atoms with Gasteiger partial charge >= 0.3 is 6.09 Å². The van der Waals surface area contributed by atoms with Crippen LogP contribution in [0, 0.1) is 0 Å². The van der Waals surface area contributed by atoms with Gasteiger partial charge in [0.05, 0.1) is 19.4 Å². The van der Waals surface area contributed by atoms with Crippen molar-refractivity contribution in [2.75, 3.05) is 20.3 Å². The van der Waals surface area contributed by atoms with E-state index in [1.807, 2.05) is 0 Å². The lowest BCUT2D eigenvalue weighted by atomic mass is 10.3. The summed E-state index contributed by atoms with van der Waals surface area (Å²) in [4.78, 5) is 11.0. The maximum atomic E-state index is 11.0. The predicted molar refractivity (Wildman–Crippen MR) is 53.5 cm³/mol. The Morgan fingerprint density at radius 1 is 1.67 bits per heavy atom. The lowest BCUT2D eigenvalue weighted by Crippen LogP contribution is -2.29. The zero-order chi connectivity index (χ0) is 11.1. The van der Waals surface area contributed by atoms with E-state index >= 15 is 0 Å². The number of methoxy groups -OCH3 is 1. The minimum Gasteiger partial charge on any atom is -0.467 e. The molecule has 0 aliphatic heterocycles. The molecule has 1 N–H and O–H groups in total. The lowest BCUT2D eigenvalue weighted by molar-refractivity contribution is 0.0793. The van der Waals surface area contributed by atoms with Crippen LogP contribution in [0.15, 0.2) is 22.8 Å². The molecule has 0 aromatic carbocycles. The van der Waals surface area contributed by atoms with Gasteiger partial charge in [-0.3, -0.25) is 0 Å². The molecule has 0 saturated heterocycles. The first kappa shape index (κ1) is 11.6. The van der Waals surface area contributed by atoms with Crippen molar-refractivity contribution in [3.63, 3.8) is 0 Å². The van der Waals surface area contributed by atoms with Gasteiger partial charge in [0.25, 0.3) is 0 Å². The van der Waals surface area contributed by atoms with Gasteiger partial charge in [-0.2, -0.15) is 0 Å². The van der Waals surface area contributed by atoms with Gasteiger partial charge in [0.2, 0.25) is 0 Å². The number of alkyl carbamates (subject to hydrolysis) is 1. The van der Waals surface area contributed by atoms with Gasteiger partial charge < -0.3 is 19.2 Å². The van der Waals surface area contributed by atoms with Crippen molar-refractivity contribution in [2.24, 2.45) is 0 Å². The number of amides is 1. The fourth-order valence-corrected chi connectivity index (χ4v) is 1.13. The highest BCUT2D eigenvalue weighted by Gasteiger charge is 2.14. The molecule has 1 heterocycles. The molecular formula is C10H15NO4. The number of nitrogens with one attached hydrogen (secondary N) is 1. The van der Waals surface area contributed by atoms with Crippen LogP contribution in [0.2, 0.25) is 0 Å². The highest BCUT2D eigenvalue weighted by Crippen LogP contribution is 2.15. The van der Waals surface area contributed by atoms with Crippen LogP contribution in [0.25, 0.3) is 0 Å². The molecule has 0 spiro atoms. The van der Waals surface area contributed by atoms with Gasteiger partial charge in [-0.1, -0.05) is 0 Å². The average molecular weight is 213 g/mol. The van der Waals surface area contributed by atoms with Gasteiger partial charge in [-0.25, -0.2) is 4.79 Å². The van der Waals surface area contributed by atoms with E-state index in [-0.39, 0.29) is 6.10 Å². The fraction of sp³-hybridized carbons (Fsp3) is 0.500. The van der Waals surface area contributed by atoms with E-state index in [9.17, 15) is 4.79 Å². The van der Waals surface area contributed by atoms with Gasteiger partial charge in [-0.05, 0) is 19.1 Å². The first-order chi connectivity index (χ1) is 7.27. The van der Waals surface area contributed by atoms with Crippen LogP contribution in [-0.2, 0) is 9.47 Å². The summed E-state index contributed by atoms with van der Waals surface area (Å²) in [5.74, 6) is 0.675. The molecular weight excluding hydrogens is 198 g/mol. The topological polar surface area (TPSA) is 60.7 Å². The van der Waals surface area contributed by atoms with E-state index in [1.165, 1.54) is 0 Å². The van der Waals surface area contributed by atoms with E-state index in [0.717, 1.165) is 0 Å². The summed E-state index contributed by atoms with van der Waals surface area (Å²) in [5.41, 5.74) is 0. The first-order valence-electron chi connectivity index (χ1n) is 4.74. The van der Waals surface area contributed by atoms with Crippen LogP contribution >= 0.6 is 0 Å². The van der Waals surface area contributed by atoms with E-state index < -0.39 is 6.09 Å². The second-order valence-electron chi connectivity index (χ2n) is 2.84. The fourth-order valence-electron chi connectivity index (χ4n) is 1.13. The lowest BCUT2D eigenvalue weighted by Gasteiger charge is -2.13. The second-order valence-corrected chi connectivity index (χ2v) is 2.84. The van der Waals surface area contributed by atoms with Crippen LogP contribution < -0.4 is 5.32 Å². The molecule has 5 heteroatoms. The number of furan rings is 1. The molecule has 0 saturated carbocycles. The predicted octanol–water partition coefficient (Wildman–Crippen LogP) is 1.71. The van der Waals surface area contributed by atoms with Crippen LogP contribution in [0.3, 0.4) is 0 Å². The largest absolute Gasteiger partial charge is 0.467 e. The van der Waals surface area contributed by atoms with Crippen molar-refractivity contribution in [3.8, 4) is 0 Å². The maximum absolute atomic E-state index is 11.0. The number of hydrogen-bond donors (Lipinski definition) is 1. The van der Waals surface area contributed by atoms with Crippen LogP contribution in [0.4, 0.5) is 4.79 Å². The summed E-state index contributed by atoms with van der Waals surface area (Å²) in [7, 11) is 1.56. The molecule has 0 bridgehead atoms. The zero-order valence-corrected chi connectivity index (χ0v) is 8.86. The smallest absolute Gasteiger partial charge is 0.407 e. The van der Waals surface area contributed by atoms with Crippen molar-refractivity contribution in [1.82, 2.24) is 5.32 Å². The van der Waals surface area contributed by atoms with Gasteiger partial charge in [-0.15, -0.1) is 0 Å². The van der Waals surface area contributed by atoms with Crippen molar-refractivity contribution in [3.05, 3.63) is 24.2 Å². The molecule has 1 aromatic rings. The molecule has 0 aliphatic carbocycles. The second kappa shape index (κ2) is 6.08. The molecule has 1 aromatic heterocycles. The minimum absolute atomic E-state index is 0.288. The third kappa shape index (κ3) is 3.63. The number of carbonyl (C=O) groups excluding carboxylic acids is 1. The Balaban J connectivity index is 2.38. The molecule has 5 nitrogen and oxygen atoms in total. The monoisotopic (exact) mass is 213 g/mol. The van der Waals surface area contributed by atoms with E-state index in [1.54, 1.807) is 32.4 Å². The Labute approximate surface area is 88.4 Å². The van der Waals surface area contributed by atoms with Crippen LogP contribution in [0.5, 0.6) is 0 Å². The Hall–Kier alpha value is -1.49. The van der Waals surface area contributed by atoms with E-state index in [4.69, 9.17) is 13.9 Å². The molecule has 1 atom stereocenters. The summed E-state index contributed by atoms with van der Waals surface area (Å²) in [6.45, 7) is 2.42. The molecule has 15 heavy (non-hydrogen) atoms. The Morgan fingerprint density at radius 2 is 2.47 bits per heavy atom. The number of carbonyl (C=O) groups is 1. The van der Waals surface area contributed by atoms with E-state index in [0.29, 0.717) is 18.9 Å². The Kier molecular flexibility index (Phi) is 4.70. The number of rotatable bonds is 5. The molecule has 0 unspecified atom stereocenters. The Morgan fingerprint density at radius 3 is 3.00 bits per heavy atom. The van der Waals surface area contributed by atoms with Crippen molar-refractivity contribution < 1.29 is 18.7 Å². The maximum Gasteiger partial charge on any atom is 0.407 e. The van der Waals surface area contributed by atoms with Crippen LogP contribution in [0.1, 0.15) is 18.8 Å². The van der Waals surface area contributed by atoms with E-state index in [2.05, 4.69) is 5.32 Å². The third-order valence-corrected chi connectivity index (χ3v) is 1.85. The number of ether oxygens (including phenoxy) is 2. The van der Waals surface area contributed by atoms with Gasteiger partial charge in [0, 0.05) is 7.11 Å². The summed E-state index contributed by atoms with van der Waals surface area (Å²) < 4.78 is 15.0. The van der Waals surface area contributed by atoms with Crippen molar-refractivity contribution in [2.45, 2.75) is 13.0 Å². The summed E-state index contributed by atoms with van der Waals surface area (Å²) in [5, 5.41) is 2.58. The number of hydrogen-bond acceptors (Lipinski definition) is 4. The highest BCUT2D eigenvalue weighted by atomic mass is 16.5. The molecule has 0 aliphatic rings. The highest BCUT2D eigenvalue weighted by molar-refractivity contribution is 5.67. The third-order valence-electron chi connectivity index (χ3n) is 1.85. The average Bonchev–Trinajstić information content (AvgIpc) is 2.72. The first-order valence-corrected chi connectivity index (χ1v) is 4.74. The summed E-state index contributed by atoms with van der Waals surface area (Å²) in [6, 6.07) is 3.56. The van der Waals surface area contributed by atoms with Crippen molar-refractivity contribution >= 4 is 6.09 Å². The minimum atomic E-state index is -0.453. The summed E-state index contributed by atoms with van der Waals surface area (Å²) in [6.07, 6.45) is 0.821. The zero-order valence-electron chi connectivity index (χ0n) is 8.86. The standard InChI is InChI=1S/C10H15NO4/c1-3-14-10(12)11-7-9(13-2)8-5-4-6-15-8/h4-6,9H,3,7H2,1-2H3,(H,11,12)/t9-/m1/s1. The molecule has 0 fully saturated rings. The SMILES string of the molecule is CCOC(=O)NC[C@@H](OC)c1ccco1. The quantitative estimate of drug-likeness (QED) is 0.808. The summed E-state index contributed by atoms with van der Waals surface area (Å²) >= 11 is 0. The molecule has 0 radical (unpaired) electrons. The van der Waals surface area contributed by atoms with Crippen LogP contribution in [-0.4, -0.2) is 26.4 Å². The molecule has 1 amide bonds. The van der Waals surface area contributed by atoms with Gasteiger partial charge in [0.15, 0.2) is 0 Å². The Bertz CT molecular complexity index is 284. The normalized spacial score (nSPS) is 12.1. The molecule has 1 rings (SSSR count).